The summed E-state index contributed by atoms with van der Waals surface area (Å²) >= 11 is 3.74. The molecule has 6 heteroatoms. The van der Waals surface area contributed by atoms with Gasteiger partial charge in [0.25, 0.3) is 0 Å². The highest BCUT2D eigenvalue weighted by molar-refractivity contribution is 9.09. The smallest absolute Gasteiger partial charge is 0.0861 e. The van der Waals surface area contributed by atoms with Gasteiger partial charge >= 0.3 is 0 Å². The normalized spacial score (nSPS) is 39.6. The van der Waals surface area contributed by atoms with E-state index in [4.69, 9.17) is 0 Å². The molecule has 7 aliphatic rings. The van der Waals surface area contributed by atoms with Gasteiger partial charge in [-0.2, -0.15) is 0 Å². The molecule has 0 radical (unpaired) electrons. The Morgan fingerprint density at radius 1 is 0.667 bits per heavy atom. The first kappa shape index (κ1) is 25.9. The number of hydrogen-bond acceptors (Lipinski definition) is 5. The number of allylic oxidation sites excluding steroid dienone is 7. The molecule has 0 amide bonds. The van der Waals surface area contributed by atoms with Crippen LogP contribution in [-0.2, 0) is 0 Å². The minimum atomic E-state index is 0.121. The van der Waals surface area contributed by atoms with Gasteiger partial charge in [-0.05, 0) is 71.8 Å². The first-order valence-corrected chi connectivity index (χ1v) is 15.7. The lowest BCUT2D eigenvalue weighted by atomic mass is 9.77. The lowest BCUT2D eigenvalue weighted by Gasteiger charge is -2.43. The van der Waals surface area contributed by atoms with E-state index in [-0.39, 0.29) is 18.5 Å². The molecule has 0 spiro atoms. The molecule has 0 bridgehead atoms. The van der Waals surface area contributed by atoms with Gasteiger partial charge in [-0.25, -0.2) is 0 Å². The lowest BCUT2D eigenvalue weighted by Crippen LogP contribution is -2.68. The van der Waals surface area contributed by atoms with Gasteiger partial charge in [0, 0.05) is 17.9 Å². The van der Waals surface area contributed by atoms with Gasteiger partial charge in [-0.3, -0.25) is 16.0 Å². The Morgan fingerprint density at radius 2 is 1.44 bits per heavy atom. The van der Waals surface area contributed by atoms with Crippen LogP contribution in [-0.4, -0.2) is 48.5 Å². The van der Waals surface area contributed by atoms with E-state index >= 15 is 0 Å². The highest BCUT2D eigenvalue weighted by Gasteiger charge is 2.37. The summed E-state index contributed by atoms with van der Waals surface area (Å²) in [7, 11) is 0. The molecule has 8 atom stereocenters. The van der Waals surface area contributed by atoms with Crippen LogP contribution in [0.1, 0.15) is 32.1 Å². The second-order valence-corrected chi connectivity index (χ2v) is 12.9. The molecule has 204 valence electrons. The number of rotatable bonds is 4. The molecule has 4 aliphatic carbocycles. The maximum Gasteiger partial charge on any atom is 0.0861 e. The predicted octanol–water partition coefficient (Wildman–Crippen LogP) is 4.55. The summed E-state index contributed by atoms with van der Waals surface area (Å²) in [6.07, 6.45) is 36.6. The molecule has 5 N–H and O–H groups in total. The maximum atomic E-state index is 3.89. The number of fused-ring (bicyclic) bond motifs is 3. The molecule has 8 unspecified atom stereocenters. The third kappa shape index (κ3) is 5.48. The molecule has 7 rings (SSSR count). The summed E-state index contributed by atoms with van der Waals surface area (Å²) in [4.78, 5) is 0.421. The van der Waals surface area contributed by atoms with Crippen LogP contribution in [0.2, 0.25) is 0 Å². The highest BCUT2D eigenvalue weighted by Crippen LogP contribution is 2.34. The SMILES string of the molecule is BrC1C=C2C=CC3=CC(C4C=CC(C5NC(C6=CCCC=C6)NC(C6=CC=CCC6)N5)=CC4)CNC3C2NC1. The molecule has 1 fully saturated rings. The zero-order valence-electron chi connectivity index (χ0n) is 22.5. The van der Waals surface area contributed by atoms with E-state index in [9.17, 15) is 0 Å². The topological polar surface area (TPSA) is 60.1 Å². The van der Waals surface area contributed by atoms with Crippen molar-refractivity contribution in [3.05, 3.63) is 107 Å². The second kappa shape index (κ2) is 11.4. The molecular formula is C33H40BrN5. The van der Waals surface area contributed by atoms with E-state index in [1.807, 2.05) is 0 Å². The van der Waals surface area contributed by atoms with E-state index in [2.05, 4.69) is 122 Å². The molecule has 1 saturated heterocycles. The molecular weight excluding hydrogens is 546 g/mol. The van der Waals surface area contributed by atoms with Gasteiger partial charge in [-0.15, -0.1) is 0 Å². The van der Waals surface area contributed by atoms with Gasteiger partial charge in [0.1, 0.15) is 0 Å². The molecule has 0 saturated carbocycles. The van der Waals surface area contributed by atoms with Gasteiger partial charge < -0.3 is 10.6 Å². The van der Waals surface area contributed by atoms with Crippen molar-refractivity contribution in [2.45, 2.75) is 67.5 Å². The van der Waals surface area contributed by atoms with Gasteiger partial charge in [0.2, 0.25) is 0 Å². The van der Waals surface area contributed by atoms with Crippen LogP contribution in [0.4, 0.5) is 0 Å². The third-order valence-corrected chi connectivity index (χ3v) is 9.81. The monoisotopic (exact) mass is 585 g/mol. The van der Waals surface area contributed by atoms with Crippen molar-refractivity contribution < 1.29 is 0 Å². The zero-order valence-corrected chi connectivity index (χ0v) is 24.0. The summed E-state index contributed by atoms with van der Waals surface area (Å²) in [6.45, 7) is 2.01. The zero-order chi connectivity index (χ0) is 26.2. The van der Waals surface area contributed by atoms with E-state index in [0.29, 0.717) is 28.7 Å². The van der Waals surface area contributed by atoms with E-state index < -0.39 is 0 Å². The van der Waals surface area contributed by atoms with Crippen LogP contribution in [0.3, 0.4) is 0 Å². The Bertz CT molecular complexity index is 1250. The van der Waals surface area contributed by atoms with E-state index in [1.165, 1.54) is 27.9 Å². The quantitative estimate of drug-likeness (QED) is 0.313. The Kier molecular flexibility index (Phi) is 7.59. The largest absolute Gasteiger partial charge is 0.308 e. The summed E-state index contributed by atoms with van der Waals surface area (Å²) in [5, 5.41) is 19.2. The Balaban J connectivity index is 1.06. The molecule has 0 aromatic rings. The van der Waals surface area contributed by atoms with Crippen LogP contribution in [0.15, 0.2) is 107 Å². The van der Waals surface area contributed by atoms with Crippen molar-refractivity contribution in [1.29, 1.82) is 0 Å². The van der Waals surface area contributed by atoms with Crippen molar-refractivity contribution in [1.82, 2.24) is 26.6 Å². The first-order chi connectivity index (χ1) is 19.2. The van der Waals surface area contributed by atoms with Gasteiger partial charge in [0.15, 0.2) is 0 Å². The van der Waals surface area contributed by atoms with Crippen molar-refractivity contribution in [2.75, 3.05) is 13.1 Å². The number of alkyl halides is 1. The first-order valence-electron chi connectivity index (χ1n) is 14.8. The average molecular weight is 587 g/mol. The number of nitrogens with one attached hydrogen (secondary N) is 5. The van der Waals surface area contributed by atoms with Crippen LogP contribution in [0.25, 0.3) is 0 Å². The lowest BCUT2D eigenvalue weighted by molar-refractivity contribution is 0.261. The minimum Gasteiger partial charge on any atom is -0.308 e. The second-order valence-electron chi connectivity index (χ2n) is 11.8. The third-order valence-electron chi connectivity index (χ3n) is 9.22. The standard InChI is InChI=1S/C33H40BrN5/c34-28-18-26-16-15-25-17-27(19-35-29(25)30(26)36-20-28)21-11-13-24(14-12-21)33-38-31(22-7-3-1-4-8-22)37-32(39-33)23-9-5-2-6-10-23/h1,3,5,7,9-11,13-18,21,27-33,35-39H,2,4,6,8,12,19-20H2. The molecule has 0 aromatic heterocycles. The van der Waals surface area contributed by atoms with E-state index in [1.54, 1.807) is 0 Å². The molecule has 0 aromatic carbocycles. The van der Waals surface area contributed by atoms with Crippen LogP contribution >= 0.6 is 15.9 Å². The van der Waals surface area contributed by atoms with Crippen LogP contribution in [0.5, 0.6) is 0 Å². The fourth-order valence-corrected chi connectivity index (χ4v) is 7.56. The summed E-state index contributed by atoms with van der Waals surface area (Å²) < 4.78 is 0. The highest BCUT2D eigenvalue weighted by atomic mass is 79.9. The summed E-state index contributed by atoms with van der Waals surface area (Å²) in [6, 6.07) is 0.756. The van der Waals surface area contributed by atoms with Crippen molar-refractivity contribution in [2.24, 2.45) is 11.8 Å². The minimum absolute atomic E-state index is 0.121. The molecule has 5 nitrogen and oxygen atoms in total. The number of hydrogen-bond donors (Lipinski definition) is 5. The van der Waals surface area contributed by atoms with Crippen molar-refractivity contribution >= 4 is 15.9 Å². The fourth-order valence-electron chi connectivity index (χ4n) is 7.06. The van der Waals surface area contributed by atoms with Crippen LogP contribution in [0, 0.1) is 11.8 Å². The maximum absolute atomic E-state index is 3.89. The van der Waals surface area contributed by atoms with Crippen molar-refractivity contribution in [3.63, 3.8) is 0 Å². The number of halogens is 1. The van der Waals surface area contributed by atoms with Crippen LogP contribution < -0.4 is 26.6 Å². The van der Waals surface area contributed by atoms with Gasteiger partial charge in [-0.1, -0.05) is 94.9 Å². The summed E-state index contributed by atoms with van der Waals surface area (Å²) in [5.74, 6) is 1.04. The molecule has 3 heterocycles. The Labute approximate surface area is 241 Å². The molecule has 3 aliphatic heterocycles. The van der Waals surface area contributed by atoms with Crippen molar-refractivity contribution in [3.8, 4) is 0 Å². The molecule has 39 heavy (non-hydrogen) atoms. The average Bonchev–Trinajstić information content (AvgIpc) is 3.01. The predicted molar refractivity (Wildman–Crippen MR) is 164 cm³/mol. The van der Waals surface area contributed by atoms with Gasteiger partial charge in [0.05, 0.1) is 30.6 Å². The summed E-state index contributed by atoms with van der Waals surface area (Å²) in [5.41, 5.74) is 7.00. The van der Waals surface area contributed by atoms with E-state index in [0.717, 1.165) is 45.2 Å². The Morgan fingerprint density at radius 3 is 2.15 bits per heavy atom. The fraction of sp³-hybridized carbons (Fsp3) is 0.455. The Hall–Kier alpha value is -2.06.